The summed E-state index contributed by atoms with van der Waals surface area (Å²) >= 11 is -0.556. The molecule has 0 saturated heterocycles. The zero-order chi connectivity index (χ0) is 17.5. The predicted octanol–water partition coefficient (Wildman–Crippen LogP) is 7.89. The van der Waals surface area contributed by atoms with E-state index in [4.69, 9.17) is 18.6 Å². The second-order valence-corrected chi connectivity index (χ2v) is 8.33. The third-order valence-corrected chi connectivity index (χ3v) is 3.99. The van der Waals surface area contributed by atoms with Crippen LogP contribution in [0.1, 0.15) is 79.1 Å². The van der Waals surface area contributed by atoms with E-state index < -0.39 is 17.0 Å². The first-order valence-corrected chi connectivity index (χ1v) is 12.9. The molecule has 0 saturated carbocycles. The molecule has 0 aromatic carbocycles. The molecule has 0 amide bonds. The van der Waals surface area contributed by atoms with Gasteiger partial charge in [-0.2, -0.15) is 23.3 Å². The molecule has 0 N–H and O–H groups in total. The SMILES string of the molecule is CCCCC1=CC[C-]=C1C.CCCCC1=CC[C-]=C1C.[Cl][Ti][Cl]. The van der Waals surface area contributed by atoms with E-state index in [9.17, 15) is 0 Å². The minimum atomic E-state index is -0.556. The van der Waals surface area contributed by atoms with Gasteiger partial charge in [-0.05, 0) is 0 Å². The van der Waals surface area contributed by atoms with Gasteiger partial charge in [-0.25, -0.2) is 11.1 Å². The third-order valence-electron chi connectivity index (χ3n) is 3.99. The maximum atomic E-state index is 4.89. The number of hydrogen-bond acceptors (Lipinski definition) is 0. The van der Waals surface area contributed by atoms with E-state index in [2.05, 4.69) is 52.0 Å². The first kappa shape index (κ1) is 23.3. The summed E-state index contributed by atoms with van der Waals surface area (Å²) in [5.41, 5.74) is 5.82. The Labute approximate surface area is 160 Å². The Morgan fingerprint density at radius 2 is 1.22 bits per heavy atom. The van der Waals surface area contributed by atoms with E-state index in [0.29, 0.717) is 0 Å². The van der Waals surface area contributed by atoms with Crippen LogP contribution in [-0.2, 0) is 17.0 Å². The molecule has 0 unspecified atom stereocenters. The van der Waals surface area contributed by atoms with E-state index in [1.807, 2.05) is 0 Å². The van der Waals surface area contributed by atoms with Crippen molar-refractivity contribution in [1.29, 1.82) is 0 Å². The molecule has 0 aromatic heterocycles. The molecule has 0 aromatic rings. The quantitative estimate of drug-likeness (QED) is 0.320. The Kier molecular flexibility index (Phi) is 15.9. The molecule has 2 rings (SSSR count). The van der Waals surface area contributed by atoms with Gasteiger partial charge in [0, 0.05) is 0 Å². The van der Waals surface area contributed by atoms with Gasteiger partial charge in [-0.1, -0.05) is 66.2 Å². The first-order valence-electron chi connectivity index (χ1n) is 8.60. The van der Waals surface area contributed by atoms with E-state index in [1.165, 1.54) is 60.8 Å². The first-order chi connectivity index (χ1) is 11.1. The van der Waals surface area contributed by atoms with Crippen LogP contribution < -0.4 is 0 Å². The van der Waals surface area contributed by atoms with Crippen LogP contribution in [-0.4, -0.2) is 0 Å². The Hall–Kier alpha value is 0.254. The molecule has 0 heterocycles. The van der Waals surface area contributed by atoms with Gasteiger partial charge >= 0.3 is 35.6 Å². The third kappa shape index (κ3) is 11.4. The summed E-state index contributed by atoms with van der Waals surface area (Å²) in [5.74, 6) is 0. The average molecular weight is 389 g/mol. The van der Waals surface area contributed by atoms with Crippen LogP contribution in [0.3, 0.4) is 0 Å². The Morgan fingerprint density at radius 1 is 0.870 bits per heavy atom. The topological polar surface area (TPSA) is 0 Å². The van der Waals surface area contributed by atoms with E-state index in [0.717, 1.165) is 12.8 Å². The van der Waals surface area contributed by atoms with Crippen molar-refractivity contribution in [3.05, 3.63) is 46.6 Å². The molecule has 0 aliphatic heterocycles. The predicted molar refractivity (Wildman–Crippen MR) is 101 cm³/mol. The van der Waals surface area contributed by atoms with Crippen LogP contribution in [0.25, 0.3) is 0 Å². The van der Waals surface area contributed by atoms with Gasteiger partial charge in [-0.3, -0.25) is 12.2 Å². The number of rotatable bonds is 6. The number of unbranched alkanes of at least 4 members (excludes halogenated alkanes) is 2. The number of allylic oxidation sites excluding steroid dienone is 8. The van der Waals surface area contributed by atoms with Crippen molar-refractivity contribution in [3.63, 3.8) is 0 Å². The van der Waals surface area contributed by atoms with Gasteiger partial charge in [-0.15, -0.1) is 12.8 Å². The molecule has 23 heavy (non-hydrogen) atoms. The molecule has 130 valence electrons. The van der Waals surface area contributed by atoms with Crippen LogP contribution in [0, 0.1) is 12.2 Å². The summed E-state index contributed by atoms with van der Waals surface area (Å²) in [6, 6.07) is 0. The number of hydrogen-bond donors (Lipinski definition) is 0. The molecule has 3 heteroatoms. The zero-order valence-corrected chi connectivity index (χ0v) is 18.1. The second kappa shape index (κ2) is 15.8. The van der Waals surface area contributed by atoms with Gasteiger partial charge in [0.2, 0.25) is 0 Å². The standard InChI is InChI=1S/2C10H15.2ClH.Ti/c2*1-3-4-7-10-8-5-6-9(10)2;;;/h2*8H,3-5,7H2,1-2H3;2*1H;/q2*-1;;;+2/p-2. The second-order valence-electron chi connectivity index (χ2n) is 5.75. The maximum absolute atomic E-state index is 4.89. The van der Waals surface area contributed by atoms with Crippen molar-refractivity contribution in [1.82, 2.24) is 0 Å². The van der Waals surface area contributed by atoms with Crippen molar-refractivity contribution >= 4 is 18.6 Å². The van der Waals surface area contributed by atoms with Gasteiger partial charge < -0.3 is 0 Å². The summed E-state index contributed by atoms with van der Waals surface area (Å²) < 4.78 is 0. The van der Waals surface area contributed by atoms with Crippen LogP contribution in [0.2, 0.25) is 0 Å². The summed E-state index contributed by atoms with van der Waals surface area (Å²) in [5, 5.41) is 0. The zero-order valence-electron chi connectivity index (χ0n) is 15.1. The molecule has 0 atom stereocenters. The Bertz CT molecular complexity index is 391. The summed E-state index contributed by atoms with van der Waals surface area (Å²) in [6.45, 7) is 8.79. The van der Waals surface area contributed by atoms with Crippen molar-refractivity contribution < 1.29 is 17.0 Å². The van der Waals surface area contributed by atoms with E-state index >= 15 is 0 Å². The van der Waals surface area contributed by atoms with Gasteiger partial charge in [0.15, 0.2) is 0 Å². The molecule has 0 bridgehead atoms. The molecular formula is C20H30Cl2Ti-2. The minimum absolute atomic E-state index is 0.556. The molecule has 0 spiro atoms. The van der Waals surface area contributed by atoms with E-state index in [-0.39, 0.29) is 0 Å². The normalized spacial score (nSPS) is 15.4. The van der Waals surface area contributed by atoms with Crippen molar-refractivity contribution in [3.8, 4) is 0 Å². The molecular weight excluding hydrogens is 359 g/mol. The van der Waals surface area contributed by atoms with E-state index in [1.54, 1.807) is 0 Å². The fourth-order valence-corrected chi connectivity index (χ4v) is 2.50. The molecule has 2 aliphatic rings. The van der Waals surface area contributed by atoms with Crippen LogP contribution in [0.4, 0.5) is 0 Å². The van der Waals surface area contributed by atoms with Crippen molar-refractivity contribution in [2.24, 2.45) is 0 Å². The molecule has 2 aliphatic carbocycles. The van der Waals surface area contributed by atoms with Crippen molar-refractivity contribution in [2.75, 3.05) is 0 Å². The molecule has 0 fully saturated rings. The van der Waals surface area contributed by atoms with Gasteiger partial charge in [0.1, 0.15) is 0 Å². The molecule has 0 nitrogen and oxygen atoms in total. The van der Waals surface area contributed by atoms with Crippen molar-refractivity contribution in [2.45, 2.75) is 79.1 Å². The number of halogens is 2. The fourth-order valence-electron chi connectivity index (χ4n) is 2.50. The van der Waals surface area contributed by atoms with Crippen LogP contribution >= 0.6 is 18.6 Å². The van der Waals surface area contributed by atoms with Crippen LogP contribution in [0.15, 0.2) is 34.4 Å². The van der Waals surface area contributed by atoms with Gasteiger partial charge in [0.05, 0.1) is 0 Å². The van der Waals surface area contributed by atoms with Gasteiger partial charge in [0.25, 0.3) is 0 Å². The average Bonchev–Trinajstić information content (AvgIpc) is 3.13. The summed E-state index contributed by atoms with van der Waals surface area (Å²) in [7, 11) is 9.78. The Morgan fingerprint density at radius 3 is 1.43 bits per heavy atom. The fraction of sp³-hybridized carbons (Fsp3) is 0.600. The summed E-state index contributed by atoms with van der Waals surface area (Å²) in [4.78, 5) is 0. The Balaban J connectivity index is 0.000000360. The molecule has 0 radical (unpaired) electrons. The summed E-state index contributed by atoms with van der Waals surface area (Å²) in [6.07, 6.45) is 21.1. The van der Waals surface area contributed by atoms with Crippen LogP contribution in [0.5, 0.6) is 0 Å². The monoisotopic (exact) mass is 388 g/mol.